The third-order valence-electron chi connectivity index (χ3n) is 5.48. The quantitative estimate of drug-likeness (QED) is 0.492. The van der Waals surface area contributed by atoms with Gasteiger partial charge in [0.1, 0.15) is 9.84 Å². The van der Waals surface area contributed by atoms with E-state index >= 15 is 0 Å². The number of thiophene rings is 1. The van der Waals surface area contributed by atoms with Crippen LogP contribution in [-0.4, -0.2) is 65.0 Å². The van der Waals surface area contributed by atoms with Crippen molar-refractivity contribution in [3.63, 3.8) is 0 Å². The van der Waals surface area contributed by atoms with Gasteiger partial charge in [-0.1, -0.05) is 19.9 Å². The Kier molecular flexibility index (Phi) is 8.33. The Morgan fingerprint density at radius 3 is 2.75 bits per heavy atom. The number of likely N-dealkylation sites (tertiary alicyclic amines) is 1. The van der Waals surface area contributed by atoms with Crippen LogP contribution in [0, 0.1) is 11.3 Å². The first-order valence-electron chi connectivity index (χ1n) is 9.97. The summed E-state index contributed by atoms with van der Waals surface area (Å²) in [5.74, 6) is 1.53. The smallest absolute Gasteiger partial charge is 0.191 e. The van der Waals surface area contributed by atoms with Gasteiger partial charge >= 0.3 is 0 Å². The molecule has 0 radical (unpaired) electrons. The molecule has 1 aliphatic heterocycles. The van der Waals surface area contributed by atoms with Crippen molar-refractivity contribution in [3.8, 4) is 0 Å². The van der Waals surface area contributed by atoms with Crippen molar-refractivity contribution in [1.29, 1.82) is 0 Å². The molecule has 28 heavy (non-hydrogen) atoms. The highest BCUT2D eigenvalue weighted by Crippen LogP contribution is 2.36. The van der Waals surface area contributed by atoms with E-state index in [1.807, 2.05) is 11.3 Å². The van der Waals surface area contributed by atoms with Gasteiger partial charge in [0.05, 0.1) is 5.75 Å². The number of nitrogens with one attached hydrogen (secondary N) is 2. The predicted molar refractivity (Wildman–Crippen MR) is 120 cm³/mol. The van der Waals surface area contributed by atoms with Crippen LogP contribution < -0.4 is 10.6 Å². The maximum Gasteiger partial charge on any atom is 0.191 e. The van der Waals surface area contributed by atoms with Crippen molar-refractivity contribution in [1.82, 2.24) is 15.5 Å². The molecule has 2 unspecified atom stereocenters. The van der Waals surface area contributed by atoms with Crippen LogP contribution in [0.3, 0.4) is 0 Å². The molecule has 8 heteroatoms. The Balaban J connectivity index is 1.88. The second-order valence-electron chi connectivity index (χ2n) is 8.69. The third-order valence-corrected chi connectivity index (χ3v) is 7.37. The van der Waals surface area contributed by atoms with Crippen LogP contribution in [0.5, 0.6) is 0 Å². The molecule has 1 aromatic heterocycles. The normalized spacial score (nSPS) is 22.2. The molecule has 160 valence electrons. The lowest BCUT2D eigenvalue weighted by Gasteiger charge is -2.39. The molecule has 0 saturated carbocycles. The maximum absolute atomic E-state index is 11.4. The predicted octanol–water partition coefficient (Wildman–Crippen LogP) is 2.76. The highest BCUT2D eigenvalue weighted by Gasteiger charge is 2.31. The van der Waals surface area contributed by atoms with E-state index in [2.05, 4.69) is 58.9 Å². The van der Waals surface area contributed by atoms with Gasteiger partial charge in [0.2, 0.25) is 0 Å². The minimum atomic E-state index is -2.94. The Labute approximate surface area is 174 Å². The molecule has 0 amide bonds. The van der Waals surface area contributed by atoms with E-state index in [0.717, 1.165) is 19.0 Å². The zero-order valence-corrected chi connectivity index (χ0v) is 19.5. The molecule has 2 rings (SSSR count). The van der Waals surface area contributed by atoms with Crippen molar-refractivity contribution < 1.29 is 8.42 Å². The van der Waals surface area contributed by atoms with E-state index in [1.165, 1.54) is 24.0 Å². The average Bonchev–Trinajstić information content (AvgIpc) is 3.14. The summed E-state index contributed by atoms with van der Waals surface area (Å²) >= 11 is 1.83. The van der Waals surface area contributed by atoms with Crippen molar-refractivity contribution >= 4 is 27.1 Å². The monoisotopic (exact) mass is 428 g/mol. The molecule has 0 aromatic carbocycles. The van der Waals surface area contributed by atoms with E-state index in [9.17, 15) is 8.42 Å². The minimum absolute atomic E-state index is 0.120. The lowest BCUT2D eigenvalue weighted by molar-refractivity contribution is 0.125. The van der Waals surface area contributed by atoms with Gasteiger partial charge in [-0.25, -0.2) is 8.42 Å². The SMILES string of the molecule is CN=C(NCC1CCCN(C)C1c1cccs1)NCC(C)(C)CCS(C)(=O)=O. The summed E-state index contributed by atoms with van der Waals surface area (Å²) in [6, 6.07) is 4.82. The van der Waals surface area contributed by atoms with Gasteiger partial charge in [0.25, 0.3) is 0 Å². The van der Waals surface area contributed by atoms with Gasteiger partial charge in [-0.15, -0.1) is 11.3 Å². The zero-order valence-electron chi connectivity index (χ0n) is 17.9. The molecule has 2 atom stereocenters. The molecule has 1 aromatic rings. The summed E-state index contributed by atoms with van der Waals surface area (Å²) in [6.07, 6.45) is 4.35. The summed E-state index contributed by atoms with van der Waals surface area (Å²) in [5.41, 5.74) is -0.120. The van der Waals surface area contributed by atoms with Gasteiger partial charge in [0, 0.05) is 37.3 Å². The van der Waals surface area contributed by atoms with Gasteiger partial charge in [-0.2, -0.15) is 0 Å². The number of piperidine rings is 1. The molecule has 0 spiro atoms. The first-order valence-corrected chi connectivity index (χ1v) is 12.9. The Morgan fingerprint density at radius 2 is 2.14 bits per heavy atom. The van der Waals surface area contributed by atoms with Crippen LogP contribution in [-0.2, 0) is 9.84 Å². The average molecular weight is 429 g/mol. The summed E-state index contributed by atoms with van der Waals surface area (Å²) in [7, 11) is 1.06. The van der Waals surface area contributed by atoms with Crippen molar-refractivity contribution in [3.05, 3.63) is 22.4 Å². The first kappa shape index (κ1) is 23.2. The Bertz CT molecular complexity index is 729. The number of aliphatic imine (C=N–C) groups is 1. The lowest BCUT2D eigenvalue weighted by atomic mass is 9.88. The summed E-state index contributed by atoms with van der Waals surface area (Å²) < 4.78 is 22.9. The van der Waals surface area contributed by atoms with Gasteiger partial charge in [-0.05, 0) is 55.6 Å². The van der Waals surface area contributed by atoms with Crippen molar-refractivity contribution in [2.24, 2.45) is 16.3 Å². The lowest BCUT2D eigenvalue weighted by Crippen LogP contribution is -2.46. The minimum Gasteiger partial charge on any atom is -0.356 e. The maximum atomic E-state index is 11.4. The number of nitrogens with zero attached hydrogens (tertiary/aromatic N) is 2. The van der Waals surface area contributed by atoms with Crippen LogP contribution in [0.15, 0.2) is 22.5 Å². The van der Waals surface area contributed by atoms with Crippen LogP contribution in [0.1, 0.15) is 44.0 Å². The fraction of sp³-hybridized carbons (Fsp3) is 0.750. The molecule has 1 saturated heterocycles. The largest absolute Gasteiger partial charge is 0.356 e. The van der Waals surface area contributed by atoms with Crippen LogP contribution in [0.25, 0.3) is 0 Å². The van der Waals surface area contributed by atoms with Gasteiger partial charge in [0.15, 0.2) is 5.96 Å². The molecule has 2 heterocycles. The standard InChI is InChI=1S/C20H36N4O2S2/c1-20(2,10-13-28(5,25)26)15-23-19(21-3)22-14-16-8-6-11-24(4)18(16)17-9-7-12-27-17/h7,9,12,16,18H,6,8,10-11,13-15H2,1-5H3,(H2,21,22,23). The van der Waals surface area contributed by atoms with E-state index in [1.54, 1.807) is 7.05 Å². The molecular weight excluding hydrogens is 392 g/mol. The summed E-state index contributed by atoms with van der Waals surface area (Å²) in [6.45, 7) is 6.86. The number of guanidine groups is 1. The van der Waals surface area contributed by atoms with Crippen LogP contribution >= 0.6 is 11.3 Å². The van der Waals surface area contributed by atoms with E-state index in [-0.39, 0.29) is 11.2 Å². The number of sulfone groups is 1. The van der Waals surface area contributed by atoms with Gasteiger partial charge in [-0.3, -0.25) is 9.89 Å². The molecular formula is C20H36N4O2S2. The highest BCUT2D eigenvalue weighted by atomic mass is 32.2. The summed E-state index contributed by atoms with van der Waals surface area (Å²) in [4.78, 5) is 8.25. The second-order valence-corrected chi connectivity index (χ2v) is 11.9. The van der Waals surface area contributed by atoms with Crippen molar-refractivity contribution in [2.45, 2.75) is 39.2 Å². The third kappa shape index (κ3) is 7.37. The topological polar surface area (TPSA) is 73.8 Å². The summed E-state index contributed by atoms with van der Waals surface area (Å²) in [5, 5.41) is 9.03. The van der Waals surface area contributed by atoms with E-state index < -0.39 is 9.84 Å². The molecule has 1 fully saturated rings. The zero-order chi connectivity index (χ0) is 20.8. The number of rotatable bonds is 8. The first-order chi connectivity index (χ1) is 13.1. The van der Waals surface area contributed by atoms with Crippen LogP contribution in [0.2, 0.25) is 0 Å². The molecule has 0 bridgehead atoms. The molecule has 2 N–H and O–H groups in total. The fourth-order valence-corrected chi connectivity index (χ4v) is 5.61. The van der Waals surface area contributed by atoms with Gasteiger partial charge < -0.3 is 10.6 Å². The number of hydrogen-bond acceptors (Lipinski definition) is 5. The highest BCUT2D eigenvalue weighted by molar-refractivity contribution is 7.90. The van der Waals surface area contributed by atoms with Crippen LogP contribution in [0.4, 0.5) is 0 Å². The molecule has 1 aliphatic rings. The molecule has 0 aliphatic carbocycles. The second kappa shape index (κ2) is 10.1. The Hall–Kier alpha value is -1.12. The van der Waals surface area contributed by atoms with Crippen molar-refractivity contribution in [2.75, 3.05) is 45.7 Å². The van der Waals surface area contributed by atoms with E-state index in [0.29, 0.717) is 24.9 Å². The fourth-order valence-electron chi connectivity index (χ4n) is 3.70. The van der Waals surface area contributed by atoms with E-state index in [4.69, 9.17) is 0 Å². The Morgan fingerprint density at radius 1 is 1.39 bits per heavy atom. The molecule has 6 nitrogen and oxygen atoms in total. The number of hydrogen-bond donors (Lipinski definition) is 2.